The van der Waals surface area contributed by atoms with Gasteiger partial charge in [0, 0.05) is 24.5 Å². The minimum Gasteiger partial charge on any atom is -0.351 e. The molecule has 1 amide bonds. The number of carbonyl (C=O) groups is 1. The Labute approximate surface area is 211 Å². The molecule has 4 rings (SSSR count). The molecule has 35 heavy (non-hydrogen) atoms. The highest BCUT2D eigenvalue weighted by Crippen LogP contribution is 2.27. The second-order valence-electron chi connectivity index (χ2n) is 8.69. The van der Waals surface area contributed by atoms with Gasteiger partial charge in [0.1, 0.15) is 0 Å². The van der Waals surface area contributed by atoms with Crippen LogP contribution in [0.15, 0.2) is 72.1 Å². The van der Waals surface area contributed by atoms with Gasteiger partial charge in [0.05, 0.1) is 12.1 Å². The maximum absolute atomic E-state index is 13.9. The van der Waals surface area contributed by atoms with Crippen LogP contribution in [0.1, 0.15) is 31.9 Å². The number of thiophene rings is 1. The van der Waals surface area contributed by atoms with Gasteiger partial charge in [0.25, 0.3) is 0 Å². The van der Waals surface area contributed by atoms with Crippen molar-refractivity contribution in [1.82, 2.24) is 4.90 Å². The van der Waals surface area contributed by atoms with Gasteiger partial charge in [0.2, 0.25) is 5.91 Å². The molecule has 0 aliphatic heterocycles. The predicted octanol–water partition coefficient (Wildman–Crippen LogP) is 5.74. The molecule has 184 valence electrons. The van der Waals surface area contributed by atoms with Gasteiger partial charge in [-0.3, -0.25) is 4.79 Å². The summed E-state index contributed by atoms with van der Waals surface area (Å²) in [6.07, 6.45) is -0.0478. The van der Waals surface area contributed by atoms with Crippen LogP contribution in [0.2, 0.25) is 0 Å². The zero-order chi connectivity index (χ0) is 24.8. The third-order valence-electron chi connectivity index (χ3n) is 6.37. The fourth-order valence-corrected chi connectivity index (χ4v) is 5.54. The van der Waals surface area contributed by atoms with Crippen LogP contribution in [-0.2, 0) is 27.2 Å². The molecule has 0 aliphatic carbocycles. The first-order chi connectivity index (χ1) is 17.0. The Morgan fingerprint density at radius 2 is 1.57 bits per heavy atom. The summed E-state index contributed by atoms with van der Waals surface area (Å²) >= 11 is 1.68. The Morgan fingerprint density at radius 1 is 0.914 bits per heavy atom. The van der Waals surface area contributed by atoms with E-state index in [1.54, 1.807) is 11.3 Å². The Bertz CT molecular complexity index is 1260. The number of carbonyl (C=O) groups excluding carboxylic acids is 1. The van der Waals surface area contributed by atoms with Crippen molar-refractivity contribution < 1.29 is 14.3 Å². The average molecular weight is 491 g/mol. The van der Waals surface area contributed by atoms with E-state index in [0.29, 0.717) is 26.2 Å². The minimum absolute atomic E-state index is 0.106. The number of rotatable bonds is 11. The fraction of sp³-hybridized carbons (Fsp3) is 0.345. The molecular formula is C29H34N2O3S. The molecular weight excluding hydrogens is 456 g/mol. The van der Waals surface area contributed by atoms with Crippen molar-refractivity contribution in [3.63, 3.8) is 0 Å². The summed E-state index contributed by atoms with van der Waals surface area (Å²) in [5.74, 6) is -0.106. The summed E-state index contributed by atoms with van der Waals surface area (Å²) in [5, 5.41) is 5.54. The maximum atomic E-state index is 13.9. The zero-order valence-electron chi connectivity index (χ0n) is 20.6. The van der Waals surface area contributed by atoms with E-state index in [1.807, 2.05) is 56.0 Å². The van der Waals surface area contributed by atoms with Gasteiger partial charge in [-0.25, -0.2) is 0 Å². The van der Waals surface area contributed by atoms with E-state index in [1.165, 1.54) is 4.70 Å². The van der Waals surface area contributed by atoms with Crippen LogP contribution < -0.4 is 5.73 Å². The van der Waals surface area contributed by atoms with E-state index in [0.717, 1.165) is 27.3 Å². The first-order valence-electron chi connectivity index (χ1n) is 12.2. The number of benzene rings is 3. The average Bonchev–Trinajstić information content (AvgIpc) is 3.29. The molecule has 0 saturated carbocycles. The van der Waals surface area contributed by atoms with E-state index < -0.39 is 12.3 Å². The molecule has 5 nitrogen and oxygen atoms in total. The van der Waals surface area contributed by atoms with Crippen LogP contribution in [0.3, 0.4) is 0 Å². The summed E-state index contributed by atoms with van der Waals surface area (Å²) in [7, 11) is 0. The summed E-state index contributed by atoms with van der Waals surface area (Å²) < 4.78 is 13.0. The topological polar surface area (TPSA) is 64.8 Å². The van der Waals surface area contributed by atoms with Gasteiger partial charge in [-0.2, -0.15) is 0 Å². The predicted molar refractivity (Wildman–Crippen MR) is 145 cm³/mol. The number of nitrogens with two attached hydrogens (primary N) is 1. The minimum atomic E-state index is -0.672. The third kappa shape index (κ3) is 5.73. The molecule has 2 N–H and O–H groups in total. The van der Waals surface area contributed by atoms with Crippen LogP contribution in [0, 0.1) is 0 Å². The van der Waals surface area contributed by atoms with E-state index in [2.05, 4.69) is 41.8 Å². The van der Waals surface area contributed by atoms with Crippen molar-refractivity contribution in [2.75, 3.05) is 13.2 Å². The second kappa shape index (κ2) is 11.8. The first kappa shape index (κ1) is 25.3. The zero-order valence-corrected chi connectivity index (χ0v) is 21.5. The lowest BCUT2D eigenvalue weighted by molar-refractivity contribution is -0.179. The highest BCUT2D eigenvalue weighted by atomic mass is 32.1. The number of nitrogens with zero attached hydrogens (tertiary/aromatic N) is 1. The molecule has 0 saturated heterocycles. The van der Waals surface area contributed by atoms with Crippen molar-refractivity contribution in [3.8, 4) is 0 Å². The van der Waals surface area contributed by atoms with E-state index >= 15 is 0 Å². The molecule has 3 aromatic carbocycles. The lowest BCUT2D eigenvalue weighted by Crippen LogP contribution is -2.52. The number of amides is 1. The van der Waals surface area contributed by atoms with Crippen molar-refractivity contribution in [2.45, 2.75) is 52.1 Å². The summed E-state index contributed by atoms with van der Waals surface area (Å²) in [6.45, 7) is 7.27. The normalized spacial score (nSPS) is 13.4. The van der Waals surface area contributed by atoms with Gasteiger partial charge in [0.15, 0.2) is 6.29 Å². The molecule has 0 spiro atoms. The molecule has 2 atom stereocenters. The van der Waals surface area contributed by atoms with Crippen molar-refractivity contribution >= 4 is 38.1 Å². The Morgan fingerprint density at radius 3 is 2.31 bits per heavy atom. The highest BCUT2D eigenvalue weighted by Gasteiger charge is 2.32. The van der Waals surface area contributed by atoms with Gasteiger partial charge >= 0.3 is 0 Å². The molecule has 0 aliphatic rings. The molecule has 0 fully saturated rings. The Kier molecular flexibility index (Phi) is 8.52. The standard InChI is InChI=1S/C29H34N2O3S/c1-4-33-29(34-5-2)20(3)31(18-22-13-10-12-21-11-6-7-14-24(21)22)28(32)26(30)17-23-19-35-27-16-9-8-15-25(23)27/h6-16,19-20,26,29H,4-5,17-18,30H2,1-3H3. The van der Waals surface area contributed by atoms with Gasteiger partial charge < -0.3 is 20.1 Å². The van der Waals surface area contributed by atoms with Crippen molar-refractivity contribution in [2.24, 2.45) is 5.73 Å². The molecule has 6 heteroatoms. The van der Waals surface area contributed by atoms with Crippen LogP contribution >= 0.6 is 11.3 Å². The van der Waals surface area contributed by atoms with Crippen LogP contribution in [0.4, 0.5) is 0 Å². The molecule has 4 aromatic rings. The monoisotopic (exact) mass is 490 g/mol. The van der Waals surface area contributed by atoms with Crippen LogP contribution in [0.5, 0.6) is 0 Å². The van der Waals surface area contributed by atoms with E-state index in [4.69, 9.17) is 15.2 Å². The Balaban J connectivity index is 1.64. The van der Waals surface area contributed by atoms with Gasteiger partial charge in [-0.1, -0.05) is 60.7 Å². The second-order valence-corrected chi connectivity index (χ2v) is 9.60. The van der Waals surface area contributed by atoms with Crippen molar-refractivity contribution in [1.29, 1.82) is 0 Å². The smallest absolute Gasteiger partial charge is 0.240 e. The molecule has 0 radical (unpaired) electrons. The number of hydrogen-bond donors (Lipinski definition) is 1. The molecule has 1 heterocycles. The highest BCUT2D eigenvalue weighted by molar-refractivity contribution is 7.17. The quantitative estimate of drug-likeness (QED) is 0.272. The maximum Gasteiger partial charge on any atom is 0.240 e. The third-order valence-corrected chi connectivity index (χ3v) is 7.38. The number of ether oxygens (including phenoxy) is 2. The molecule has 2 unspecified atom stereocenters. The number of fused-ring (bicyclic) bond motifs is 2. The van der Waals surface area contributed by atoms with E-state index in [-0.39, 0.29) is 11.9 Å². The molecule has 1 aromatic heterocycles. The van der Waals surface area contributed by atoms with E-state index in [9.17, 15) is 4.79 Å². The SMILES string of the molecule is CCOC(OCC)C(C)N(Cc1cccc2ccccc12)C(=O)C(N)Cc1csc2ccccc12. The van der Waals surface area contributed by atoms with Gasteiger partial charge in [-0.15, -0.1) is 11.3 Å². The largest absolute Gasteiger partial charge is 0.351 e. The van der Waals surface area contributed by atoms with Crippen molar-refractivity contribution in [3.05, 3.63) is 83.2 Å². The summed E-state index contributed by atoms with van der Waals surface area (Å²) in [4.78, 5) is 15.7. The molecule has 0 bridgehead atoms. The lowest BCUT2D eigenvalue weighted by Gasteiger charge is -2.36. The van der Waals surface area contributed by atoms with Crippen LogP contribution in [-0.4, -0.2) is 42.4 Å². The number of hydrogen-bond acceptors (Lipinski definition) is 5. The van der Waals surface area contributed by atoms with Crippen LogP contribution in [0.25, 0.3) is 20.9 Å². The Hall–Kier alpha value is -2.77. The summed E-state index contributed by atoms with van der Waals surface area (Å²) in [5.41, 5.74) is 8.76. The first-order valence-corrected chi connectivity index (χ1v) is 13.1. The fourth-order valence-electron chi connectivity index (χ4n) is 4.57. The lowest BCUT2D eigenvalue weighted by atomic mass is 10.0. The summed E-state index contributed by atoms with van der Waals surface area (Å²) in [6, 6.07) is 21.7. The van der Waals surface area contributed by atoms with Gasteiger partial charge in [-0.05, 0) is 65.9 Å².